The minimum Gasteiger partial charge on any atom is -0.316 e. The van der Waals surface area contributed by atoms with E-state index < -0.39 is 22.7 Å². The van der Waals surface area contributed by atoms with Crippen LogP contribution in [0.2, 0.25) is 0 Å². The number of rotatable bonds is 7. The van der Waals surface area contributed by atoms with Gasteiger partial charge in [0.2, 0.25) is 10.0 Å². The predicted molar refractivity (Wildman–Crippen MR) is 74.3 cm³/mol. The minimum atomic E-state index is -4.56. The number of hydrogen-bond donors (Lipinski definition) is 1. The van der Waals surface area contributed by atoms with E-state index in [1.807, 2.05) is 0 Å². The van der Waals surface area contributed by atoms with E-state index in [2.05, 4.69) is 5.32 Å². The van der Waals surface area contributed by atoms with E-state index in [-0.39, 0.29) is 11.4 Å². The Morgan fingerprint density at radius 2 is 1.95 bits per heavy atom. The maximum atomic E-state index is 12.6. The van der Waals surface area contributed by atoms with Crippen LogP contribution in [0.4, 0.5) is 13.2 Å². The Kier molecular flexibility index (Phi) is 6.18. The first-order valence-electron chi connectivity index (χ1n) is 6.51. The van der Waals surface area contributed by atoms with Gasteiger partial charge < -0.3 is 5.32 Å². The summed E-state index contributed by atoms with van der Waals surface area (Å²) in [7, 11) is -2.45. The summed E-state index contributed by atoms with van der Waals surface area (Å²) in [6.45, 7) is 0.435. The molecule has 0 aliphatic carbocycles. The van der Waals surface area contributed by atoms with Crippen LogP contribution in [0.3, 0.4) is 0 Å². The Morgan fingerprint density at radius 1 is 1.29 bits per heavy atom. The molecule has 0 fully saturated rings. The molecule has 0 atom stereocenters. The zero-order chi connectivity index (χ0) is 16.1. The summed E-state index contributed by atoms with van der Waals surface area (Å²) in [4.78, 5) is -0.118. The van der Waals surface area contributed by atoms with Crippen LogP contribution in [0.25, 0.3) is 0 Å². The average molecular weight is 324 g/mol. The highest BCUT2D eigenvalue weighted by atomic mass is 32.2. The van der Waals surface area contributed by atoms with Crippen molar-refractivity contribution in [3.63, 3.8) is 0 Å². The van der Waals surface area contributed by atoms with E-state index in [1.54, 1.807) is 20.0 Å². The lowest BCUT2D eigenvalue weighted by atomic mass is 10.2. The lowest BCUT2D eigenvalue weighted by Gasteiger charge is -2.23. The van der Waals surface area contributed by atoms with Crippen molar-refractivity contribution in [3.8, 4) is 0 Å². The van der Waals surface area contributed by atoms with Gasteiger partial charge >= 0.3 is 6.18 Å². The predicted octanol–water partition coefficient (Wildman–Crippen LogP) is 2.37. The first-order chi connectivity index (χ1) is 9.70. The first kappa shape index (κ1) is 17.9. The zero-order valence-electron chi connectivity index (χ0n) is 11.9. The lowest BCUT2D eigenvalue weighted by Crippen LogP contribution is -2.39. The van der Waals surface area contributed by atoms with E-state index in [0.717, 1.165) is 0 Å². The average Bonchev–Trinajstić information content (AvgIpc) is 2.37. The summed E-state index contributed by atoms with van der Waals surface area (Å²) in [5, 5.41) is 2.87. The normalized spacial score (nSPS) is 12.9. The van der Waals surface area contributed by atoms with Crippen LogP contribution in [0.1, 0.15) is 18.9 Å². The molecular weight excluding hydrogens is 305 g/mol. The van der Waals surface area contributed by atoms with E-state index in [9.17, 15) is 21.6 Å². The number of halogens is 3. The van der Waals surface area contributed by atoms with Crippen LogP contribution in [0.5, 0.6) is 0 Å². The van der Waals surface area contributed by atoms with Crippen LogP contribution in [0.15, 0.2) is 29.2 Å². The van der Waals surface area contributed by atoms with Crippen molar-refractivity contribution in [3.05, 3.63) is 29.8 Å². The monoisotopic (exact) mass is 324 g/mol. The lowest BCUT2D eigenvalue weighted by molar-refractivity contribution is -0.136. The van der Waals surface area contributed by atoms with E-state index >= 15 is 0 Å². The zero-order valence-corrected chi connectivity index (χ0v) is 12.8. The van der Waals surface area contributed by atoms with Gasteiger partial charge in [-0.1, -0.05) is 19.1 Å². The van der Waals surface area contributed by atoms with Crippen LogP contribution in [0, 0.1) is 0 Å². The number of benzene rings is 1. The number of nitrogens with one attached hydrogen (secondary N) is 1. The van der Waals surface area contributed by atoms with Gasteiger partial charge in [-0.15, -0.1) is 0 Å². The molecule has 120 valence electrons. The van der Waals surface area contributed by atoms with Crippen molar-refractivity contribution in [2.24, 2.45) is 0 Å². The molecule has 21 heavy (non-hydrogen) atoms. The standard InChI is InChI=1S/C13H19F3N2O2S/c1-3-7-18(10-13(14,15)16)21(19,20)12-6-4-5-11(8-12)9-17-2/h4-6,8,17H,3,7,9-10H2,1-2H3. The maximum Gasteiger partial charge on any atom is 0.402 e. The minimum absolute atomic E-state index is 0.118. The summed E-state index contributed by atoms with van der Waals surface area (Å²) < 4.78 is 62.9. The van der Waals surface area contributed by atoms with Gasteiger partial charge in [0.15, 0.2) is 0 Å². The molecule has 0 radical (unpaired) electrons. The Morgan fingerprint density at radius 3 is 2.48 bits per heavy atom. The van der Waals surface area contributed by atoms with Crippen molar-refractivity contribution in [1.82, 2.24) is 9.62 Å². The molecule has 0 amide bonds. The Hall–Kier alpha value is -1.12. The fraction of sp³-hybridized carbons (Fsp3) is 0.538. The summed E-state index contributed by atoms with van der Waals surface area (Å²) >= 11 is 0. The van der Waals surface area contributed by atoms with Crippen molar-refractivity contribution < 1.29 is 21.6 Å². The number of nitrogens with zero attached hydrogens (tertiary/aromatic N) is 1. The summed E-state index contributed by atoms with van der Waals surface area (Å²) in [6.07, 6.45) is -4.25. The molecule has 0 saturated carbocycles. The van der Waals surface area contributed by atoms with Gasteiger partial charge in [-0.25, -0.2) is 8.42 Å². The molecule has 1 aromatic carbocycles. The Bertz CT molecular complexity index is 559. The third-order valence-electron chi connectivity index (χ3n) is 2.75. The van der Waals surface area contributed by atoms with Crippen molar-refractivity contribution in [2.45, 2.75) is 31.0 Å². The van der Waals surface area contributed by atoms with Gasteiger partial charge in [0.05, 0.1) is 4.90 Å². The van der Waals surface area contributed by atoms with Gasteiger partial charge in [-0.3, -0.25) is 0 Å². The van der Waals surface area contributed by atoms with Crippen molar-refractivity contribution in [2.75, 3.05) is 20.1 Å². The molecule has 0 bridgehead atoms. The second kappa shape index (κ2) is 7.24. The molecule has 0 heterocycles. The summed E-state index contributed by atoms with van der Waals surface area (Å²) in [5.41, 5.74) is 0.696. The van der Waals surface area contributed by atoms with Crippen molar-refractivity contribution >= 4 is 10.0 Å². The fourth-order valence-electron chi connectivity index (χ4n) is 1.90. The van der Waals surface area contributed by atoms with Gasteiger partial charge in [0, 0.05) is 13.1 Å². The topological polar surface area (TPSA) is 49.4 Å². The van der Waals surface area contributed by atoms with E-state index in [0.29, 0.717) is 22.8 Å². The van der Waals surface area contributed by atoms with Crippen LogP contribution in [-0.2, 0) is 16.6 Å². The van der Waals surface area contributed by atoms with Gasteiger partial charge in [-0.05, 0) is 31.2 Å². The second-order valence-corrected chi connectivity index (χ2v) is 6.57. The largest absolute Gasteiger partial charge is 0.402 e. The van der Waals surface area contributed by atoms with Crippen LogP contribution >= 0.6 is 0 Å². The molecule has 1 rings (SSSR count). The number of alkyl halides is 3. The molecule has 0 aliphatic rings. The Balaban J connectivity index is 3.13. The van der Waals surface area contributed by atoms with Gasteiger partial charge in [0.1, 0.15) is 6.54 Å². The smallest absolute Gasteiger partial charge is 0.316 e. The molecule has 1 N–H and O–H groups in total. The molecule has 1 aromatic rings. The molecule has 0 unspecified atom stereocenters. The fourth-order valence-corrected chi connectivity index (χ4v) is 3.49. The highest BCUT2D eigenvalue weighted by Gasteiger charge is 2.36. The first-order valence-corrected chi connectivity index (χ1v) is 7.95. The summed E-state index contributed by atoms with van der Waals surface area (Å²) in [6, 6.07) is 5.94. The van der Waals surface area contributed by atoms with E-state index in [4.69, 9.17) is 0 Å². The number of hydrogen-bond acceptors (Lipinski definition) is 3. The molecule has 4 nitrogen and oxygen atoms in total. The Labute approximate surface area is 123 Å². The molecule has 0 saturated heterocycles. The van der Waals surface area contributed by atoms with Crippen LogP contribution < -0.4 is 5.32 Å². The molecule has 8 heteroatoms. The number of sulfonamides is 1. The van der Waals surface area contributed by atoms with Gasteiger partial charge in [-0.2, -0.15) is 17.5 Å². The van der Waals surface area contributed by atoms with E-state index in [1.165, 1.54) is 18.2 Å². The quantitative estimate of drug-likeness (QED) is 0.838. The second-order valence-electron chi connectivity index (χ2n) is 4.63. The molecule has 0 aromatic heterocycles. The maximum absolute atomic E-state index is 12.6. The third-order valence-corrected chi connectivity index (χ3v) is 4.59. The molecule has 0 spiro atoms. The molecular formula is C13H19F3N2O2S. The highest BCUT2D eigenvalue weighted by molar-refractivity contribution is 7.89. The van der Waals surface area contributed by atoms with Crippen molar-refractivity contribution in [1.29, 1.82) is 0 Å². The SMILES string of the molecule is CCCN(CC(F)(F)F)S(=O)(=O)c1cccc(CNC)c1. The molecule has 0 aliphatic heterocycles. The van der Waals surface area contributed by atoms with Gasteiger partial charge in [0.25, 0.3) is 0 Å². The highest BCUT2D eigenvalue weighted by Crippen LogP contribution is 2.23. The summed E-state index contributed by atoms with van der Waals surface area (Å²) in [5.74, 6) is 0. The van der Waals surface area contributed by atoms with Crippen LogP contribution in [-0.4, -0.2) is 39.0 Å². The third kappa shape index (κ3) is 5.29.